The molecule has 2 heterocycles. The molecule has 0 saturated carbocycles. The van der Waals surface area contributed by atoms with E-state index >= 15 is 0 Å². The highest BCUT2D eigenvalue weighted by Crippen LogP contribution is 2.38. The number of amides is 2. The lowest BCUT2D eigenvalue weighted by molar-refractivity contribution is 0.0954. The normalized spacial score (nSPS) is 12.7. The van der Waals surface area contributed by atoms with Gasteiger partial charge in [-0.05, 0) is 43.2 Å². The van der Waals surface area contributed by atoms with Crippen LogP contribution < -0.4 is 10.6 Å². The summed E-state index contributed by atoms with van der Waals surface area (Å²) in [7, 11) is 0. The maximum absolute atomic E-state index is 13.2. The third kappa shape index (κ3) is 4.79. The van der Waals surface area contributed by atoms with E-state index < -0.39 is 0 Å². The Labute approximate surface area is 202 Å². The van der Waals surface area contributed by atoms with Crippen LogP contribution in [-0.4, -0.2) is 23.5 Å². The van der Waals surface area contributed by atoms with Gasteiger partial charge < -0.3 is 15.2 Å². The standard InChI is InChI=1S/C27H25N3O3S/c31-25(21-17-22(33-30-21)19-11-5-2-6-12-19)29-27-24(20-13-7-8-14-23(20)34-27)26(32)28-16-15-18-9-3-1-4-10-18/h1-6,9-12,17H,7-8,13-16H2,(H,28,32)(H,29,31). The quantitative estimate of drug-likeness (QED) is 0.372. The van der Waals surface area contributed by atoms with Crippen molar-refractivity contribution in [1.29, 1.82) is 0 Å². The van der Waals surface area contributed by atoms with Crippen LogP contribution in [0.2, 0.25) is 0 Å². The van der Waals surface area contributed by atoms with Crippen LogP contribution in [0.1, 0.15) is 49.7 Å². The summed E-state index contributed by atoms with van der Waals surface area (Å²) in [5, 5.41) is 10.5. The van der Waals surface area contributed by atoms with Gasteiger partial charge in [-0.2, -0.15) is 0 Å². The number of hydrogen-bond donors (Lipinski definition) is 2. The number of carbonyl (C=O) groups is 2. The first-order chi connectivity index (χ1) is 16.7. The van der Waals surface area contributed by atoms with Crippen LogP contribution in [0.4, 0.5) is 5.00 Å². The van der Waals surface area contributed by atoms with Gasteiger partial charge in [0.05, 0.1) is 5.56 Å². The van der Waals surface area contributed by atoms with Crippen LogP contribution in [0.3, 0.4) is 0 Å². The zero-order chi connectivity index (χ0) is 23.3. The number of nitrogens with zero attached hydrogens (tertiary/aromatic N) is 1. The molecule has 34 heavy (non-hydrogen) atoms. The number of hydrogen-bond acceptors (Lipinski definition) is 5. The van der Waals surface area contributed by atoms with Gasteiger partial charge in [0.2, 0.25) is 0 Å². The third-order valence-corrected chi connectivity index (χ3v) is 7.18. The average molecular weight is 472 g/mol. The fraction of sp³-hybridized carbons (Fsp3) is 0.222. The molecule has 0 saturated heterocycles. The molecule has 0 radical (unpaired) electrons. The highest BCUT2D eigenvalue weighted by molar-refractivity contribution is 7.17. The molecule has 6 nitrogen and oxygen atoms in total. The Morgan fingerprint density at radius 3 is 2.47 bits per heavy atom. The molecule has 2 aromatic carbocycles. The number of anilines is 1. The van der Waals surface area contributed by atoms with E-state index in [2.05, 4.69) is 15.8 Å². The Morgan fingerprint density at radius 1 is 0.941 bits per heavy atom. The van der Waals surface area contributed by atoms with Crippen LogP contribution in [0, 0.1) is 0 Å². The minimum atomic E-state index is -0.386. The summed E-state index contributed by atoms with van der Waals surface area (Å²) in [5.41, 5.74) is 3.85. The molecular formula is C27H25N3O3S. The number of thiophene rings is 1. The van der Waals surface area contributed by atoms with E-state index in [0.717, 1.165) is 43.2 Å². The van der Waals surface area contributed by atoms with Gasteiger partial charge in [-0.25, -0.2) is 0 Å². The number of nitrogens with one attached hydrogen (secondary N) is 2. The maximum Gasteiger partial charge on any atom is 0.278 e. The lowest BCUT2D eigenvalue weighted by Gasteiger charge is -2.13. The van der Waals surface area contributed by atoms with Gasteiger partial charge in [-0.3, -0.25) is 9.59 Å². The van der Waals surface area contributed by atoms with E-state index in [-0.39, 0.29) is 17.5 Å². The molecule has 0 bridgehead atoms. The largest absolute Gasteiger partial charge is 0.355 e. The molecule has 4 aromatic rings. The zero-order valence-corrected chi connectivity index (χ0v) is 19.5. The second kappa shape index (κ2) is 10.1. The Bertz CT molecular complexity index is 1300. The molecule has 172 valence electrons. The molecule has 1 aliphatic rings. The number of benzene rings is 2. The number of aromatic nitrogens is 1. The topological polar surface area (TPSA) is 84.2 Å². The van der Waals surface area contributed by atoms with E-state index in [0.29, 0.717) is 22.9 Å². The summed E-state index contributed by atoms with van der Waals surface area (Å²) in [6.45, 7) is 0.532. The summed E-state index contributed by atoms with van der Waals surface area (Å²) in [6, 6.07) is 21.2. The van der Waals surface area contributed by atoms with Crippen molar-refractivity contribution in [1.82, 2.24) is 10.5 Å². The Hall–Kier alpha value is -3.71. The first kappa shape index (κ1) is 22.1. The van der Waals surface area contributed by atoms with Crippen LogP contribution in [0.15, 0.2) is 71.3 Å². The van der Waals surface area contributed by atoms with Gasteiger partial charge in [0.15, 0.2) is 11.5 Å². The molecule has 7 heteroatoms. The zero-order valence-electron chi connectivity index (χ0n) is 18.7. The number of aryl methyl sites for hydroxylation is 1. The highest BCUT2D eigenvalue weighted by atomic mass is 32.1. The van der Waals surface area contributed by atoms with Crippen molar-refractivity contribution in [2.24, 2.45) is 0 Å². The molecule has 2 amide bonds. The van der Waals surface area contributed by atoms with E-state index in [4.69, 9.17) is 4.52 Å². The van der Waals surface area contributed by atoms with Crippen LogP contribution in [0.5, 0.6) is 0 Å². The summed E-state index contributed by atoms with van der Waals surface area (Å²) < 4.78 is 5.38. The molecule has 0 spiro atoms. The SMILES string of the molecule is O=C(Nc1sc2c(c1C(=O)NCCc1ccccc1)CCCC2)c1cc(-c2ccccc2)on1. The lowest BCUT2D eigenvalue weighted by Crippen LogP contribution is -2.27. The summed E-state index contributed by atoms with van der Waals surface area (Å²) in [5.74, 6) is -0.00581. The van der Waals surface area contributed by atoms with E-state index in [1.54, 1.807) is 6.07 Å². The highest BCUT2D eigenvalue weighted by Gasteiger charge is 2.27. The van der Waals surface area contributed by atoms with Crippen molar-refractivity contribution in [2.75, 3.05) is 11.9 Å². The van der Waals surface area contributed by atoms with Crippen LogP contribution in [0.25, 0.3) is 11.3 Å². The van der Waals surface area contributed by atoms with Gasteiger partial charge >= 0.3 is 0 Å². The van der Waals surface area contributed by atoms with Crippen molar-refractivity contribution < 1.29 is 14.1 Å². The van der Waals surface area contributed by atoms with Crippen molar-refractivity contribution in [3.63, 3.8) is 0 Å². The number of fused-ring (bicyclic) bond motifs is 1. The summed E-state index contributed by atoms with van der Waals surface area (Å²) >= 11 is 1.50. The molecule has 2 N–H and O–H groups in total. The minimum absolute atomic E-state index is 0.143. The van der Waals surface area contributed by atoms with E-state index in [9.17, 15) is 9.59 Å². The maximum atomic E-state index is 13.2. The molecule has 0 aliphatic heterocycles. The molecular weight excluding hydrogens is 446 g/mol. The Kier molecular flexibility index (Phi) is 6.53. The summed E-state index contributed by atoms with van der Waals surface area (Å²) in [4.78, 5) is 27.4. The van der Waals surface area contributed by atoms with Crippen LogP contribution in [-0.2, 0) is 19.3 Å². The second-order valence-corrected chi connectivity index (χ2v) is 9.41. The fourth-order valence-electron chi connectivity index (χ4n) is 4.24. The predicted molar refractivity (Wildman–Crippen MR) is 133 cm³/mol. The van der Waals surface area contributed by atoms with Crippen molar-refractivity contribution in [3.8, 4) is 11.3 Å². The van der Waals surface area contributed by atoms with Gasteiger partial charge in [0.25, 0.3) is 11.8 Å². The van der Waals surface area contributed by atoms with Crippen LogP contribution >= 0.6 is 11.3 Å². The molecule has 0 atom stereocenters. The molecule has 0 fully saturated rings. The third-order valence-electron chi connectivity index (χ3n) is 5.97. The second-order valence-electron chi connectivity index (χ2n) is 8.30. The van der Waals surface area contributed by atoms with Crippen molar-refractivity contribution >= 4 is 28.2 Å². The number of carbonyl (C=O) groups excluding carboxylic acids is 2. The van der Waals surface area contributed by atoms with Gasteiger partial charge in [0, 0.05) is 23.1 Å². The molecule has 0 unspecified atom stereocenters. The smallest absolute Gasteiger partial charge is 0.278 e. The number of rotatable bonds is 7. The lowest BCUT2D eigenvalue weighted by atomic mass is 9.95. The van der Waals surface area contributed by atoms with Crippen molar-refractivity contribution in [3.05, 3.63) is 94.0 Å². The molecule has 5 rings (SSSR count). The van der Waals surface area contributed by atoms with Gasteiger partial charge in [-0.1, -0.05) is 65.8 Å². The Balaban J connectivity index is 1.33. The first-order valence-electron chi connectivity index (χ1n) is 11.5. The van der Waals surface area contributed by atoms with Gasteiger partial charge in [-0.15, -0.1) is 11.3 Å². The molecule has 2 aromatic heterocycles. The minimum Gasteiger partial charge on any atom is -0.355 e. The monoisotopic (exact) mass is 471 g/mol. The average Bonchev–Trinajstić information content (AvgIpc) is 3.50. The van der Waals surface area contributed by atoms with Gasteiger partial charge in [0.1, 0.15) is 5.00 Å². The fourth-order valence-corrected chi connectivity index (χ4v) is 5.52. The predicted octanol–water partition coefficient (Wildman–Crippen LogP) is 5.51. The Morgan fingerprint density at radius 2 is 1.68 bits per heavy atom. The molecule has 1 aliphatic carbocycles. The van der Waals surface area contributed by atoms with Crippen molar-refractivity contribution in [2.45, 2.75) is 32.1 Å². The van der Waals surface area contributed by atoms with E-state index in [1.807, 2.05) is 60.7 Å². The van der Waals surface area contributed by atoms with E-state index in [1.165, 1.54) is 21.8 Å². The summed E-state index contributed by atoms with van der Waals surface area (Å²) in [6.07, 6.45) is 4.68. The first-order valence-corrected chi connectivity index (χ1v) is 12.3.